The van der Waals surface area contributed by atoms with Crippen molar-refractivity contribution in [1.82, 2.24) is 23.8 Å². The topological polar surface area (TPSA) is 38.4 Å². The number of benzene rings is 1. The minimum Gasteiger partial charge on any atom is -0.297 e. The van der Waals surface area contributed by atoms with Gasteiger partial charge in [0.25, 0.3) is 0 Å². The van der Waals surface area contributed by atoms with Crippen LogP contribution in [0.25, 0.3) is 22.6 Å². The van der Waals surface area contributed by atoms with Gasteiger partial charge >= 0.3 is 0 Å². The van der Waals surface area contributed by atoms with Crippen molar-refractivity contribution in [3.8, 4) is 5.69 Å². The maximum Gasteiger partial charge on any atom is 0.221 e. The van der Waals surface area contributed by atoms with E-state index in [1.165, 1.54) is 59.6 Å². The van der Waals surface area contributed by atoms with Gasteiger partial charge in [-0.1, -0.05) is 31.5 Å². The van der Waals surface area contributed by atoms with E-state index in [0.717, 1.165) is 42.4 Å². The van der Waals surface area contributed by atoms with Crippen molar-refractivity contribution in [1.29, 1.82) is 0 Å². The third-order valence-corrected chi connectivity index (χ3v) is 6.78. The van der Waals surface area contributed by atoms with Crippen LogP contribution in [0.3, 0.4) is 0 Å². The Hall–Kier alpha value is -2.66. The molecule has 0 N–H and O–H groups in total. The van der Waals surface area contributed by atoms with Crippen molar-refractivity contribution < 1.29 is 0 Å². The summed E-state index contributed by atoms with van der Waals surface area (Å²) in [7, 11) is 0. The van der Waals surface area contributed by atoms with E-state index in [4.69, 9.17) is 9.97 Å². The van der Waals surface area contributed by atoms with Crippen LogP contribution in [-0.2, 0) is 13.0 Å². The molecular weight excluding hydrogens is 394 g/mol. The summed E-state index contributed by atoms with van der Waals surface area (Å²) < 4.78 is 4.67. The second kappa shape index (κ2) is 8.36. The van der Waals surface area contributed by atoms with Gasteiger partial charge in [0.1, 0.15) is 0 Å². The van der Waals surface area contributed by atoms with Crippen molar-refractivity contribution in [3.63, 3.8) is 0 Å². The van der Waals surface area contributed by atoms with Crippen LogP contribution in [0.15, 0.2) is 30.5 Å². The van der Waals surface area contributed by atoms with Gasteiger partial charge in [-0.05, 0) is 82.2 Å². The molecule has 3 aromatic heterocycles. The molecule has 1 aliphatic carbocycles. The molecule has 0 spiro atoms. The van der Waals surface area contributed by atoms with E-state index >= 15 is 0 Å². The van der Waals surface area contributed by atoms with Gasteiger partial charge in [-0.3, -0.25) is 13.9 Å². The van der Waals surface area contributed by atoms with Crippen LogP contribution in [0.5, 0.6) is 0 Å². The number of fused-ring (bicyclic) bond motifs is 3. The Bertz CT molecular complexity index is 1250. The molecule has 0 aliphatic heterocycles. The molecule has 0 bridgehead atoms. The average Bonchev–Trinajstić information content (AvgIpc) is 3.42. The van der Waals surface area contributed by atoms with Crippen LogP contribution in [0.2, 0.25) is 0 Å². The van der Waals surface area contributed by atoms with Gasteiger partial charge in [0.15, 0.2) is 5.65 Å². The Kier molecular flexibility index (Phi) is 5.54. The summed E-state index contributed by atoms with van der Waals surface area (Å²) in [6.45, 7) is 14.4. The zero-order valence-electron chi connectivity index (χ0n) is 20.1. The third kappa shape index (κ3) is 3.62. The minimum atomic E-state index is 0.885. The maximum absolute atomic E-state index is 5.22. The molecule has 1 saturated carbocycles. The number of nitrogens with zero attached hydrogens (tertiary/aromatic N) is 5. The predicted molar refractivity (Wildman–Crippen MR) is 132 cm³/mol. The van der Waals surface area contributed by atoms with Gasteiger partial charge in [0.2, 0.25) is 5.78 Å². The van der Waals surface area contributed by atoms with Crippen molar-refractivity contribution in [2.24, 2.45) is 5.92 Å². The first-order valence-corrected chi connectivity index (χ1v) is 12.2. The van der Waals surface area contributed by atoms with Gasteiger partial charge in [-0.25, -0.2) is 9.97 Å². The predicted octanol–water partition coefficient (Wildman–Crippen LogP) is 5.78. The van der Waals surface area contributed by atoms with Crippen molar-refractivity contribution >= 4 is 16.9 Å². The van der Waals surface area contributed by atoms with E-state index in [2.05, 4.69) is 66.7 Å². The van der Waals surface area contributed by atoms with E-state index in [1.54, 1.807) is 0 Å². The second-order valence-electron chi connectivity index (χ2n) is 9.60. The largest absolute Gasteiger partial charge is 0.297 e. The average molecular weight is 430 g/mol. The highest BCUT2D eigenvalue weighted by atomic mass is 15.3. The smallest absolute Gasteiger partial charge is 0.221 e. The molecule has 1 aliphatic rings. The number of imidazole rings is 2. The van der Waals surface area contributed by atoms with E-state index in [-0.39, 0.29) is 0 Å². The molecule has 5 nitrogen and oxygen atoms in total. The number of pyridine rings is 1. The highest BCUT2D eigenvalue weighted by Gasteiger charge is 2.27. The minimum absolute atomic E-state index is 0.885. The van der Waals surface area contributed by atoms with Gasteiger partial charge in [-0.2, -0.15) is 0 Å². The first-order chi connectivity index (χ1) is 15.5. The second-order valence-corrected chi connectivity index (χ2v) is 9.60. The lowest BCUT2D eigenvalue weighted by Crippen LogP contribution is -2.27. The normalized spacial score (nSPS) is 14.3. The number of aromatic nitrogens is 4. The standard InChI is InChI=1S/C27H35N5/c1-6-13-30(16-21-10-11-21)17-24-22(7-2)29-27-31(24)23-9-8-12-28-26(23)32(27)25-19(4)14-18(3)15-20(25)5/h8-9,12,14-15,21H,6-7,10-11,13,16-17H2,1-5H3. The van der Waals surface area contributed by atoms with E-state index in [0.29, 0.717) is 0 Å². The number of hydrogen-bond donors (Lipinski definition) is 0. The summed E-state index contributed by atoms with van der Waals surface area (Å²) in [5.74, 6) is 1.87. The number of aryl methyl sites for hydroxylation is 4. The molecular formula is C27H35N5. The fourth-order valence-electron chi connectivity index (χ4n) is 5.32. The molecule has 1 fully saturated rings. The number of rotatable bonds is 8. The summed E-state index contributed by atoms with van der Waals surface area (Å²) in [6.07, 6.45) is 6.79. The first kappa shape index (κ1) is 21.2. The molecule has 0 atom stereocenters. The van der Waals surface area contributed by atoms with E-state index < -0.39 is 0 Å². The maximum atomic E-state index is 5.22. The lowest BCUT2D eigenvalue weighted by atomic mass is 10.1. The highest BCUT2D eigenvalue weighted by molar-refractivity contribution is 5.81. The van der Waals surface area contributed by atoms with Crippen molar-refractivity contribution in [2.75, 3.05) is 13.1 Å². The molecule has 0 radical (unpaired) electrons. The fourth-order valence-corrected chi connectivity index (χ4v) is 5.32. The molecule has 3 heterocycles. The lowest BCUT2D eigenvalue weighted by Gasteiger charge is -2.21. The lowest BCUT2D eigenvalue weighted by molar-refractivity contribution is 0.251. The number of hydrogen-bond acceptors (Lipinski definition) is 3. The zero-order valence-corrected chi connectivity index (χ0v) is 20.1. The van der Waals surface area contributed by atoms with Crippen LogP contribution < -0.4 is 0 Å². The Morgan fingerprint density at radius 3 is 2.50 bits per heavy atom. The SMILES string of the molecule is CCCN(Cc1c(CC)nc2n(-c3c(C)cc(C)cc3C)c3ncccc3n12)CC1CC1. The van der Waals surface area contributed by atoms with Crippen molar-refractivity contribution in [2.45, 2.75) is 66.8 Å². The quantitative estimate of drug-likeness (QED) is 0.356. The van der Waals surface area contributed by atoms with Crippen LogP contribution in [0.4, 0.5) is 0 Å². The van der Waals surface area contributed by atoms with Gasteiger partial charge < -0.3 is 0 Å². The van der Waals surface area contributed by atoms with Gasteiger partial charge in [0, 0.05) is 19.3 Å². The Morgan fingerprint density at radius 1 is 1.09 bits per heavy atom. The zero-order chi connectivity index (χ0) is 22.4. The summed E-state index contributed by atoms with van der Waals surface area (Å²) >= 11 is 0. The molecule has 0 saturated heterocycles. The molecule has 4 aromatic rings. The summed E-state index contributed by atoms with van der Waals surface area (Å²) in [6, 6.07) is 8.76. The van der Waals surface area contributed by atoms with E-state index in [9.17, 15) is 0 Å². The Labute approximate surface area is 191 Å². The summed E-state index contributed by atoms with van der Waals surface area (Å²) in [4.78, 5) is 12.7. The van der Waals surface area contributed by atoms with Crippen LogP contribution in [0.1, 0.15) is 61.2 Å². The molecule has 0 amide bonds. The Balaban J connectivity index is 1.75. The monoisotopic (exact) mass is 429 g/mol. The van der Waals surface area contributed by atoms with Gasteiger partial charge in [-0.15, -0.1) is 0 Å². The highest BCUT2D eigenvalue weighted by Crippen LogP contribution is 2.33. The molecule has 5 heteroatoms. The third-order valence-electron chi connectivity index (χ3n) is 6.78. The van der Waals surface area contributed by atoms with E-state index in [1.807, 2.05) is 12.3 Å². The fraction of sp³-hybridized carbons (Fsp3) is 0.481. The van der Waals surface area contributed by atoms with Crippen LogP contribution in [0, 0.1) is 26.7 Å². The van der Waals surface area contributed by atoms with Crippen LogP contribution >= 0.6 is 0 Å². The molecule has 0 unspecified atom stereocenters. The van der Waals surface area contributed by atoms with Crippen molar-refractivity contribution in [3.05, 3.63) is 58.5 Å². The summed E-state index contributed by atoms with van der Waals surface area (Å²) in [5.41, 5.74) is 9.68. The Morgan fingerprint density at radius 2 is 1.84 bits per heavy atom. The van der Waals surface area contributed by atoms with Gasteiger partial charge in [0.05, 0.1) is 22.6 Å². The summed E-state index contributed by atoms with van der Waals surface area (Å²) in [5, 5.41) is 0. The van der Waals surface area contributed by atoms with Crippen LogP contribution in [-0.4, -0.2) is 36.9 Å². The molecule has 1 aromatic carbocycles. The molecule has 32 heavy (non-hydrogen) atoms. The first-order valence-electron chi connectivity index (χ1n) is 12.2. The molecule has 5 rings (SSSR count). The molecule has 168 valence electrons.